The normalized spacial score (nSPS) is 13.4. The summed E-state index contributed by atoms with van der Waals surface area (Å²) in [6.45, 7) is 8.48. The van der Waals surface area contributed by atoms with E-state index in [1.807, 2.05) is 0 Å². The van der Waals surface area contributed by atoms with Crippen LogP contribution in [0, 0.1) is 5.92 Å². The van der Waals surface area contributed by atoms with Crippen molar-refractivity contribution in [2.75, 3.05) is 0 Å². The number of nitrogens with two attached hydrogens (primary N) is 1. The zero-order valence-corrected chi connectivity index (χ0v) is 28.2. The minimum atomic E-state index is -4.36. The first-order valence-corrected chi connectivity index (χ1v) is 16.8. The van der Waals surface area contributed by atoms with Gasteiger partial charge in [0.1, 0.15) is 29.2 Å². The smallest absolute Gasteiger partial charge is 0.452 e. The number of hydrogen-bond donors (Lipinski definition) is 5. The molecule has 2 aromatic rings. The minimum absolute atomic E-state index is 0.0988. The molecule has 0 aromatic heterocycles. The summed E-state index contributed by atoms with van der Waals surface area (Å²) < 4.78 is 31.5. The fraction of sp³-hybridized carbons (Fsp3) is 0.469. The summed E-state index contributed by atoms with van der Waals surface area (Å²) in [7, 11) is -4.36. The third-order valence-electron chi connectivity index (χ3n) is 6.30. The van der Waals surface area contributed by atoms with Crippen LogP contribution in [0.25, 0.3) is 0 Å². The van der Waals surface area contributed by atoms with E-state index in [9.17, 15) is 33.6 Å². The Morgan fingerprint density at radius 3 is 1.74 bits per heavy atom. The number of nitrogens with one attached hydrogen (secondary N) is 3. The molecule has 0 aliphatic rings. The Labute approximate surface area is 274 Å². The number of carbonyl (C=O) groups is 5. The van der Waals surface area contributed by atoms with E-state index in [-0.39, 0.29) is 43.1 Å². The monoisotopic (exact) mass is 676 g/mol. The van der Waals surface area contributed by atoms with Crippen LogP contribution in [0.2, 0.25) is 0 Å². The molecule has 0 saturated carbocycles. The van der Waals surface area contributed by atoms with Gasteiger partial charge in [-0.15, -0.1) is 0 Å². The topological polar surface area (TPSA) is 212 Å². The third kappa shape index (κ3) is 14.6. The quantitative estimate of drug-likeness (QED) is 0.141. The van der Waals surface area contributed by atoms with Crippen molar-refractivity contribution in [1.29, 1.82) is 0 Å². The summed E-state index contributed by atoms with van der Waals surface area (Å²) >= 11 is 0. The Kier molecular flexibility index (Phi) is 14.7. The van der Waals surface area contributed by atoms with E-state index >= 15 is 0 Å². The van der Waals surface area contributed by atoms with Gasteiger partial charge in [-0.2, -0.15) is 0 Å². The number of benzene rings is 2. The van der Waals surface area contributed by atoms with Crippen LogP contribution in [0.3, 0.4) is 0 Å². The van der Waals surface area contributed by atoms with E-state index in [0.717, 1.165) is 0 Å². The molecule has 258 valence electrons. The Morgan fingerprint density at radius 1 is 0.787 bits per heavy atom. The summed E-state index contributed by atoms with van der Waals surface area (Å²) in [5, 5.41) is 16.8. The van der Waals surface area contributed by atoms with E-state index in [1.165, 1.54) is 0 Å². The van der Waals surface area contributed by atoms with Gasteiger partial charge in [-0.1, -0.05) is 50.2 Å². The minimum Gasteiger partial charge on any atom is -0.481 e. The van der Waals surface area contributed by atoms with Gasteiger partial charge in [-0.3, -0.25) is 19.2 Å². The Balaban J connectivity index is 2.42. The Morgan fingerprint density at radius 2 is 1.30 bits per heavy atom. The van der Waals surface area contributed by atoms with Gasteiger partial charge >= 0.3 is 19.7 Å². The van der Waals surface area contributed by atoms with E-state index < -0.39 is 67.3 Å². The fourth-order valence-corrected chi connectivity index (χ4v) is 6.07. The summed E-state index contributed by atoms with van der Waals surface area (Å²) in [5.41, 5.74) is 4.51. The van der Waals surface area contributed by atoms with Crippen LogP contribution in [0.15, 0.2) is 60.7 Å². The molecule has 2 aromatic carbocycles. The standard InChI is InChI=1S/C32H45N4O10P/c1-21(2)20-25(34-29(40)24(16-19-28(38)39)35-31(42)44-32(3,4)5)30(41)36-27(18-17-26(33)37)47(43,45-22-12-8-6-9-13-22)46-23-14-10-7-11-15-23/h6-15,21,24-25,27H,16-20H2,1-5H3,(H2,33,37)(H,34,40)(H,35,42)(H,36,41)(H,38,39)/t24-,25-,27?/m0/s1. The van der Waals surface area contributed by atoms with Crippen LogP contribution in [0.1, 0.15) is 66.7 Å². The van der Waals surface area contributed by atoms with E-state index in [4.69, 9.17) is 19.5 Å². The largest absolute Gasteiger partial charge is 0.481 e. The van der Waals surface area contributed by atoms with Crippen LogP contribution in [-0.4, -0.2) is 58.4 Å². The van der Waals surface area contributed by atoms with Gasteiger partial charge < -0.3 is 40.6 Å². The predicted molar refractivity (Wildman–Crippen MR) is 174 cm³/mol. The van der Waals surface area contributed by atoms with Gasteiger partial charge in [-0.25, -0.2) is 9.36 Å². The molecule has 1 unspecified atom stereocenters. The molecule has 15 heteroatoms. The molecular formula is C32H45N4O10P. The van der Waals surface area contributed by atoms with Crippen LogP contribution >= 0.6 is 7.60 Å². The zero-order chi connectivity index (χ0) is 35.2. The second kappa shape index (κ2) is 17.9. The molecule has 6 N–H and O–H groups in total. The number of carbonyl (C=O) groups excluding carboxylic acids is 4. The van der Waals surface area contributed by atoms with Crippen LogP contribution in [-0.2, 0) is 28.5 Å². The Bertz CT molecular complexity index is 1350. The summed E-state index contributed by atoms with van der Waals surface area (Å²) in [5.74, 6) is -4.75. The lowest BCUT2D eigenvalue weighted by molar-refractivity contribution is -0.137. The lowest BCUT2D eigenvalue weighted by Crippen LogP contribution is -2.55. The van der Waals surface area contributed by atoms with Crippen LogP contribution < -0.4 is 30.7 Å². The number of amides is 4. The molecular weight excluding hydrogens is 631 g/mol. The number of ether oxygens (including phenoxy) is 1. The van der Waals surface area contributed by atoms with E-state index in [2.05, 4.69) is 16.0 Å². The maximum Gasteiger partial charge on any atom is 0.452 e. The average molecular weight is 677 g/mol. The zero-order valence-electron chi connectivity index (χ0n) is 27.3. The van der Waals surface area contributed by atoms with E-state index in [0.29, 0.717) is 0 Å². The molecule has 0 fully saturated rings. The van der Waals surface area contributed by atoms with Crippen LogP contribution in [0.5, 0.6) is 11.5 Å². The number of aliphatic carboxylic acids is 1. The van der Waals surface area contributed by atoms with Gasteiger partial charge in [0.2, 0.25) is 17.7 Å². The molecule has 0 heterocycles. The molecule has 0 aliphatic carbocycles. The highest BCUT2D eigenvalue weighted by Gasteiger charge is 2.42. The van der Waals surface area contributed by atoms with Crippen molar-refractivity contribution < 1.29 is 47.4 Å². The maximum absolute atomic E-state index is 14.5. The molecule has 0 aliphatic heterocycles. The lowest BCUT2D eigenvalue weighted by atomic mass is 10.0. The Hall–Kier alpha value is -4.58. The van der Waals surface area contributed by atoms with Gasteiger partial charge in [-0.05, 0) is 70.2 Å². The summed E-state index contributed by atoms with van der Waals surface area (Å²) in [6.07, 6.45) is -2.12. The SMILES string of the molecule is CC(C)C[C@H](NC(=O)[C@H](CCC(=O)O)NC(=O)OC(C)(C)C)C(=O)NC(CCC(N)=O)P(=O)(Oc1ccccc1)Oc1ccccc1. The fourth-order valence-electron chi connectivity index (χ4n) is 4.22. The number of carboxylic acids is 1. The van der Waals surface area contributed by atoms with Crippen LogP contribution in [0.4, 0.5) is 4.79 Å². The molecule has 0 bridgehead atoms. The second-order valence-corrected chi connectivity index (χ2v) is 14.3. The first-order valence-electron chi connectivity index (χ1n) is 15.2. The predicted octanol–water partition coefficient (Wildman–Crippen LogP) is 4.33. The highest BCUT2D eigenvalue weighted by molar-refractivity contribution is 7.55. The van der Waals surface area contributed by atoms with Crippen molar-refractivity contribution in [3.63, 3.8) is 0 Å². The van der Waals surface area contributed by atoms with Gasteiger partial charge in [0.05, 0.1) is 0 Å². The highest BCUT2D eigenvalue weighted by atomic mass is 31.2. The summed E-state index contributed by atoms with van der Waals surface area (Å²) in [6, 6.07) is 13.6. The molecule has 0 spiro atoms. The molecule has 0 saturated heterocycles. The number of hydrogen-bond acceptors (Lipinski definition) is 9. The van der Waals surface area contributed by atoms with Crippen molar-refractivity contribution in [1.82, 2.24) is 16.0 Å². The van der Waals surface area contributed by atoms with Crippen molar-refractivity contribution in [3.05, 3.63) is 60.7 Å². The maximum atomic E-state index is 14.5. The first-order chi connectivity index (χ1) is 22.0. The number of carboxylic acid groups (broad SMARTS) is 1. The molecule has 14 nitrogen and oxygen atoms in total. The number of para-hydroxylation sites is 2. The molecule has 4 amide bonds. The van der Waals surface area contributed by atoms with Gasteiger partial charge in [0.15, 0.2) is 5.78 Å². The van der Waals surface area contributed by atoms with Crippen molar-refractivity contribution >= 4 is 37.4 Å². The lowest BCUT2D eigenvalue weighted by Gasteiger charge is -2.30. The molecule has 2 rings (SSSR count). The van der Waals surface area contributed by atoms with Gasteiger partial charge in [0.25, 0.3) is 0 Å². The van der Waals surface area contributed by atoms with Gasteiger partial charge in [0, 0.05) is 12.8 Å². The second-order valence-electron chi connectivity index (χ2n) is 12.2. The van der Waals surface area contributed by atoms with Crippen molar-refractivity contribution in [2.45, 2.75) is 90.2 Å². The van der Waals surface area contributed by atoms with Crippen molar-refractivity contribution in [2.24, 2.45) is 11.7 Å². The van der Waals surface area contributed by atoms with Crippen molar-refractivity contribution in [3.8, 4) is 11.5 Å². The first kappa shape index (κ1) is 38.6. The number of rotatable bonds is 18. The molecule has 0 radical (unpaired) electrons. The molecule has 3 atom stereocenters. The third-order valence-corrected chi connectivity index (χ3v) is 8.38. The average Bonchev–Trinajstić information content (AvgIpc) is 2.96. The molecule has 47 heavy (non-hydrogen) atoms. The number of alkyl carbamates (subject to hydrolysis) is 1. The summed E-state index contributed by atoms with van der Waals surface area (Å²) in [4.78, 5) is 62.8. The van der Waals surface area contributed by atoms with E-state index in [1.54, 1.807) is 95.3 Å². The number of primary amides is 1. The highest BCUT2D eigenvalue weighted by Crippen LogP contribution is 2.53.